The third-order valence-electron chi connectivity index (χ3n) is 10.2. The van der Waals surface area contributed by atoms with Gasteiger partial charge in [-0.05, 0) is 38.0 Å². The van der Waals surface area contributed by atoms with Crippen molar-refractivity contribution in [3.05, 3.63) is 12.2 Å². The average molecular weight is 783 g/mol. The van der Waals surface area contributed by atoms with Crippen LogP contribution in [0.3, 0.4) is 0 Å². The van der Waals surface area contributed by atoms with E-state index in [-0.39, 0.29) is 19.3 Å². The van der Waals surface area contributed by atoms with E-state index in [4.69, 9.17) is 24.1 Å². The van der Waals surface area contributed by atoms with Crippen LogP contribution in [0.1, 0.15) is 96.8 Å². The van der Waals surface area contributed by atoms with E-state index in [1.54, 1.807) is 12.2 Å². The molecule has 2 saturated heterocycles. The topological polar surface area (TPSA) is 311 Å². The van der Waals surface area contributed by atoms with Crippen molar-refractivity contribution in [3.8, 4) is 0 Å². The van der Waals surface area contributed by atoms with Gasteiger partial charge in [0, 0.05) is 13.0 Å². The number of hydrogen-bond donors (Lipinski definition) is 11. The summed E-state index contributed by atoms with van der Waals surface area (Å²) >= 11 is 0. The zero-order valence-corrected chi connectivity index (χ0v) is 30.9. The Morgan fingerprint density at radius 1 is 0.833 bits per heavy atom. The number of rotatable bonds is 26. The SMILES string of the molecule is CCCCCCC(O)C/C=C/C(CCCCCCC(=O)O)C(CCO)(CC(=O)O[C@H]1O[C@H](CO)[C@@H](O)[C@H](O)[C@H]1O)C(=O)O[C@@]1(CO)O[C@H](CO)[C@@H](O)[C@@H]1O. The molecule has 18 heteroatoms. The molecule has 2 aliphatic rings. The van der Waals surface area contributed by atoms with E-state index in [0.29, 0.717) is 32.1 Å². The Labute approximate surface area is 314 Å². The molecule has 314 valence electrons. The Balaban J connectivity index is 2.56. The van der Waals surface area contributed by atoms with Crippen molar-refractivity contribution >= 4 is 17.9 Å². The maximum atomic E-state index is 14.5. The zero-order valence-electron chi connectivity index (χ0n) is 30.9. The molecule has 11 N–H and O–H groups in total. The van der Waals surface area contributed by atoms with Gasteiger partial charge in [0.1, 0.15) is 43.2 Å². The van der Waals surface area contributed by atoms with E-state index in [0.717, 1.165) is 25.7 Å². The molecule has 3 unspecified atom stereocenters. The summed E-state index contributed by atoms with van der Waals surface area (Å²) in [5, 5.41) is 112. The summed E-state index contributed by atoms with van der Waals surface area (Å²) < 4.78 is 21.7. The summed E-state index contributed by atoms with van der Waals surface area (Å²) in [6.45, 7) is -1.53. The molecule has 2 aliphatic heterocycles. The van der Waals surface area contributed by atoms with Gasteiger partial charge in [0.2, 0.25) is 6.29 Å². The first-order valence-corrected chi connectivity index (χ1v) is 18.8. The maximum Gasteiger partial charge on any atom is 0.316 e. The van der Waals surface area contributed by atoms with E-state index in [9.17, 15) is 65.4 Å². The van der Waals surface area contributed by atoms with Crippen LogP contribution in [0.5, 0.6) is 0 Å². The van der Waals surface area contributed by atoms with E-state index in [2.05, 4.69) is 6.92 Å². The van der Waals surface area contributed by atoms with E-state index < -0.39 is 129 Å². The van der Waals surface area contributed by atoms with Gasteiger partial charge in [-0.25, -0.2) is 0 Å². The Hall–Kier alpha value is -2.33. The van der Waals surface area contributed by atoms with Gasteiger partial charge in [-0.3, -0.25) is 14.4 Å². The fourth-order valence-electron chi connectivity index (χ4n) is 6.91. The highest BCUT2D eigenvalue weighted by molar-refractivity contribution is 5.84. The second kappa shape index (κ2) is 23.7. The number of unbranched alkanes of at least 4 members (excludes halogenated alkanes) is 6. The second-order valence-electron chi connectivity index (χ2n) is 14.2. The molecule has 2 heterocycles. The fourth-order valence-corrected chi connectivity index (χ4v) is 6.91. The lowest BCUT2D eigenvalue weighted by Crippen LogP contribution is -2.59. The first kappa shape index (κ1) is 47.8. The van der Waals surface area contributed by atoms with Gasteiger partial charge in [0.05, 0.1) is 31.2 Å². The number of carbonyl (C=O) groups is 3. The molecule has 0 aliphatic carbocycles. The summed E-state index contributed by atoms with van der Waals surface area (Å²) in [5.74, 6) is -7.14. The Kier molecular flexibility index (Phi) is 21.0. The van der Waals surface area contributed by atoms with Crippen LogP contribution in [0.15, 0.2) is 12.2 Å². The number of aliphatic carboxylic acids is 1. The van der Waals surface area contributed by atoms with E-state index in [1.807, 2.05) is 0 Å². The van der Waals surface area contributed by atoms with Crippen LogP contribution in [0.2, 0.25) is 0 Å². The number of allylic oxidation sites excluding steroid dienone is 1. The molecule has 2 rings (SSSR count). The van der Waals surface area contributed by atoms with Gasteiger partial charge >= 0.3 is 17.9 Å². The van der Waals surface area contributed by atoms with Gasteiger partial charge in [-0.1, -0.05) is 64.0 Å². The summed E-state index contributed by atoms with van der Waals surface area (Å²) in [7, 11) is 0. The number of carboxylic acid groups (broad SMARTS) is 1. The number of esters is 2. The predicted molar refractivity (Wildman–Crippen MR) is 186 cm³/mol. The van der Waals surface area contributed by atoms with E-state index >= 15 is 0 Å². The molecule has 0 aromatic carbocycles. The molecule has 12 atom stereocenters. The molecule has 54 heavy (non-hydrogen) atoms. The molecule has 0 bridgehead atoms. The van der Waals surface area contributed by atoms with Crippen LogP contribution in [0.4, 0.5) is 0 Å². The summed E-state index contributed by atoms with van der Waals surface area (Å²) in [4.78, 5) is 39.3. The van der Waals surface area contributed by atoms with Gasteiger partial charge < -0.3 is 75.1 Å². The van der Waals surface area contributed by atoms with Crippen LogP contribution in [0.25, 0.3) is 0 Å². The number of carbonyl (C=O) groups excluding carboxylic acids is 2. The van der Waals surface area contributed by atoms with E-state index in [1.165, 1.54) is 0 Å². The summed E-state index contributed by atoms with van der Waals surface area (Å²) in [6.07, 6.45) is -7.21. The van der Waals surface area contributed by atoms with Crippen molar-refractivity contribution in [2.45, 2.75) is 158 Å². The third kappa shape index (κ3) is 13.1. The molecule has 18 nitrogen and oxygen atoms in total. The van der Waals surface area contributed by atoms with Crippen molar-refractivity contribution in [2.24, 2.45) is 11.3 Å². The second-order valence-corrected chi connectivity index (χ2v) is 14.2. The smallest absolute Gasteiger partial charge is 0.316 e. The van der Waals surface area contributed by atoms with Crippen molar-refractivity contribution in [3.63, 3.8) is 0 Å². The molecule has 0 aromatic heterocycles. The minimum absolute atomic E-state index is 0.0592. The normalized spacial score (nSPS) is 30.9. The quantitative estimate of drug-likeness (QED) is 0.0277. The number of hydrogen-bond acceptors (Lipinski definition) is 17. The number of aliphatic hydroxyl groups excluding tert-OH is 10. The molecular weight excluding hydrogens is 720 g/mol. The predicted octanol–water partition coefficient (Wildman–Crippen LogP) is -1.25. The minimum atomic E-state index is -2.62. The van der Waals surface area contributed by atoms with Crippen molar-refractivity contribution in [1.82, 2.24) is 0 Å². The first-order chi connectivity index (χ1) is 25.7. The Morgan fingerprint density at radius 2 is 1.48 bits per heavy atom. The van der Waals surface area contributed by atoms with Gasteiger partial charge in [-0.15, -0.1) is 0 Å². The van der Waals surface area contributed by atoms with Gasteiger partial charge in [0.15, 0.2) is 6.10 Å². The molecular formula is C36H62O18. The highest BCUT2D eigenvalue weighted by Gasteiger charge is 2.60. The van der Waals surface area contributed by atoms with Crippen LogP contribution in [-0.2, 0) is 33.3 Å². The molecule has 0 aromatic rings. The van der Waals surface area contributed by atoms with Crippen molar-refractivity contribution < 1.29 is 89.5 Å². The average Bonchev–Trinajstić information content (AvgIpc) is 3.38. The van der Waals surface area contributed by atoms with Crippen LogP contribution >= 0.6 is 0 Å². The van der Waals surface area contributed by atoms with Crippen LogP contribution < -0.4 is 0 Å². The summed E-state index contributed by atoms with van der Waals surface area (Å²) in [5.41, 5.74) is -2.11. The summed E-state index contributed by atoms with van der Waals surface area (Å²) in [6, 6.07) is 0. The largest absolute Gasteiger partial charge is 0.481 e. The number of carboxylic acids is 1. The van der Waals surface area contributed by atoms with Crippen LogP contribution in [-0.4, -0.2) is 161 Å². The molecule has 0 radical (unpaired) electrons. The molecule has 2 fully saturated rings. The lowest BCUT2D eigenvalue weighted by Gasteiger charge is -2.41. The van der Waals surface area contributed by atoms with Gasteiger partial charge in [-0.2, -0.15) is 0 Å². The zero-order chi connectivity index (χ0) is 40.5. The number of aliphatic hydroxyl groups is 10. The fraction of sp³-hybridized carbons (Fsp3) is 0.861. The minimum Gasteiger partial charge on any atom is -0.481 e. The standard InChI is InChI=1S/C36H62O18/c1-2-3-4-8-13-23(41)14-10-12-22(11-7-5-6-9-15-26(42)43)35(16-17-37,34(50)54-36(21-40)32(49)29(46)25(20-39)53-36)18-27(44)52-33-31(48)30(47)28(45)24(19-38)51-33/h10,12,22-25,28-33,37-41,45-49H,2-9,11,13-21H2,1H3,(H,42,43)/b12-10+/t22?,23?,24-,25-,28-,29-,30+,31-,32+,33-,35?,36-/m1/s1. The highest BCUT2D eigenvalue weighted by Crippen LogP contribution is 2.44. The third-order valence-corrected chi connectivity index (χ3v) is 10.2. The first-order valence-electron chi connectivity index (χ1n) is 18.8. The van der Waals surface area contributed by atoms with Crippen LogP contribution in [0, 0.1) is 11.3 Å². The maximum absolute atomic E-state index is 14.5. The molecule has 0 spiro atoms. The molecule has 0 saturated carbocycles. The van der Waals surface area contributed by atoms with Crippen molar-refractivity contribution in [1.29, 1.82) is 0 Å². The molecule has 0 amide bonds. The Morgan fingerprint density at radius 3 is 2.07 bits per heavy atom. The monoisotopic (exact) mass is 782 g/mol. The number of ether oxygens (including phenoxy) is 4. The van der Waals surface area contributed by atoms with Gasteiger partial charge in [0.25, 0.3) is 5.79 Å². The van der Waals surface area contributed by atoms with Crippen molar-refractivity contribution in [2.75, 3.05) is 26.4 Å². The highest BCUT2D eigenvalue weighted by atomic mass is 16.8. The Bertz CT molecular complexity index is 1150. The lowest BCUT2D eigenvalue weighted by atomic mass is 9.68. The lowest BCUT2D eigenvalue weighted by molar-refractivity contribution is -0.294.